The average Bonchev–Trinajstić information content (AvgIpc) is 3.07. The van der Waals surface area contributed by atoms with Gasteiger partial charge < -0.3 is 24.6 Å². The van der Waals surface area contributed by atoms with Gasteiger partial charge in [0.25, 0.3) is 0 Å². The van der Waals surface area contributed by atoms with Gasteiger partial charge >= 0.3 is 12.1 Å². The molecule has 2 aliphatic heterocycles. The Hall–Kier alpha value is -3.68. The summed E-state index contributed by atoms with van der Waals surface area (Å²) in [5, 5.41) is 3.12. The predicted octanol–water partition coefficient (Wildman–Crippen LogP) is 6.28. The second-order valence-corrected chi connectivity index (χ2v) is 10.5. The second-order valence-electron chi connectivity index (χ2n) is 10.5. The number of fused-ring (bicyclic) bond motifs is 2. The van der Waals surface area contributed by atoms with Gasteiger partial charge in [-0.3, -0.25) is 4.90 Å². The molecule has 0 bridgehead atoms. The lowest BCUT2D eigenvalue weighted by Crippen LogP contribution is -2.43. The first-order valence-corrected chi connectivity index (χ1v) is 13.9. The minimum Gasteiger partial charge on any atom is -0.497 e. The van der Waals surface area contributed by atoms with Crippen molar-refractivity contribution < 1.29 is 19.1 Å². The summed E-state index contributed by atoms with van der Waals surface area (Å²) < 4.78 is 11.3. The molecule has 4 rings (SSSR count). The number of hydrogen-bond acceptors (Lipinski definition) is 4. The van der Waals surface area contributed by atoms with Crippen molar-refractivity contribution in [2.45, 2.75) is 59.4 Å². The Kier molecular flexibility index (Phi) is 9.04. The van der Waals surface area contributed by atoms with E-state index in [4.69, 9.17) is 9.47 Å². The lowest BCUT2D eigenvalue weighted by molar-refractivity contribution is 0.163. The lowest BCUT2D eigenvalue weighted by Gasteiger charge is -2.31. The number of nitrogens with one attached hydrogen (secondary N) is 1. The number of benzene rings is 2. The molecule has 8 nitrogen and oxygen atoms in total. The third-order valence-corrected chi connectivity index (χ3v) is 7.75. The molecule has 2 aliphatic rings. The Morgan fingerprint density at radius 3 is 2.54 bits per heavy atom. The fraction of sp³-hybridized carbons (Fsp3) is 0.484. The van der Waals surface area contributed by atoms with Crippen molar-refractivity contribution >= 4 is 17.7 Å². The van der Waals surface area contributed by atoms with Gasteiger partial charge in [0.05, 0.1) is 20.8 Å². The molecule has 0 saturated carbocycles. The highest BCUT2D eigenvalue weighted by molar-refractivity contribution is 5.90. The van der Waals surface area contributed by atoms with E-state index in [-0.39, 0.29) is 18.0 Å². The minimum absolute atomic E-state index is 0.00104. The molecule has 39 heavy (non-hydrogen) atoms. The van der Waals surface area contributed by atoms with Crippen LogP contribution >= 0.6 is 0 Å². The summed E-state index contributed by atoms with van der Waals surface area (Å²) in [5.74, 6) is 1.53. The molecule has 4 amide bonds. The summed E-state index contributed by atoms with van der Waals surface area (Å²) in [5.41, 5.74) is 6.08. The van der Waals surface area contributed by atoms with Crippen LogP contribution in [0.4, 0.5) is 15.3 Å². The molecule has 1 atom stereocenters. The van der Waals surface area contributed by atoms with Gasteiger partial charge in [-0.2, -0.15) is 0 Å². The molecule has 0 aliphatic carbocycles. The van der Waals surface area contributed by atoms with Crippen LogP contribution in [0.25, 0.3) is 0 Å². The maximum absolute atomic E-state index is 13.9. The van der Waals surface area contributed by atoms with Crippen molar-refractivity contribution in [2.75, 3.05) is 45.7 Å². The van der Waals surface area contributed by atoms with Gasteiger partial charge in [0.2, 0.25) is 0 Å². The zero-order chi connectivity index (χ0) is 28.1. The van der Waals surface area contributed by atoms with E-state index in [0.717, 1.165) is 45.8 Å². The molecule has 2 aromatic carbocycles. The number of rotatable bonds is 4. The molecule has 1 unspecified atom stereocenters. The van der Waals surface area contributed by atoms with E-state index in [9.17, 15) is 9.59 Å². The highest BCUT2D eigenvalue weighted by Crippen LogP contribution is 2.40. The number of carbonyl (C=O) groups excluding carboxylic acids is 2. The highest BCUT2D eigenvalue weighted by Gasteiger charge is 2.30. The number of urea groups is 2. The average molecular weight is 535 g/mol. The molecule has 2 heterocycles. The first-order chi connectivity index (χ1) is 18.7. The van der Waals surface area contributed by atoms with E-state index in [0.29, 0.717) is 51.3 Å². The topological polar surface area (TPSA) is 74.4 Å². The molecule has 2 aromatic rings. The van der Waals surface area contributed by atoms with Crippen LogP contribution in [0.3, 0.4) is 0 Å². The highest BCUT2D eigenvalue weighted by atomic mass is 16.5. The zero-order valence-corrected chi connectivity index (χ0v) is 24.2. The summed E-state index contributed by atoms with van der Waals surface area (Å²) in [7, 11) is 3.31. The Bertz CT molecular complexity index is 1240. The smallest absolute Gasteiger partial charge is 0.324 e. The van der Waals surface area contributed by atoms with Gasteiger partial charge in [-0.15, -0.1) is 0 Å². The Balaban J connectivity index is 1.62. The molecule has 8 heteroatoms. The number of nitrogens with zero attached hydrogens (tertiary/aromatic N) is 3. The molecule has 210 valence electrons. The fourth-order valence-corrected chi connectivity index (χ4v) is 5.58. The van der Waals surface area contributed by atoms with Gasteiger partial charge in [-0.1, -0.05) is 25.1 Å². The molecule has 0 radical (unpaired) electrons. The predicted molar refractivity (Wildman–Crippen MR) is 155 cm³/mol. The maximum Gasteiger partial charge on any atom is 0.324 e. The van der Waals surface area contributed by atoms with Crippen LogP contribution in [0, 0.1) is 13.8 Å². The van der Waals surface area contributed by atoms with Crippen molar-refractivity contribution in [3.63, 3.8) is 0 Å². The first-order valence-electron chi connectivity index (χ1n) is 13.9. The summed E-state index contributed by atoms with van der Waals surface area (Å²) in [6.07, 6.45) is 4.34. The van der Waals surface area contributed by atoms with Gasteiger partial charge in [0, 0.05) is 55.1 Å². The number of anilines is 1. The monoisotopic (exact) mass is 534 g/mol. The van der Waals surface area contributed by atoms with E-state index in [1.54, 1.807) is 14.2 Å². The van der Waals surface area contributed by atoms with Crippen LogP contribution in [-0.2, 0) is 6.54 Å². The van der Waals surface area contributed by atoms with Crippen LogP contribution in [0.1, 0.15) is 61.3 Å². The van der Waals surface area contributed by atoms with Gasteiger partial charge in [-0.05, 0) is 68.9 Å². The molecule has 1 N–H and O–H groups in total. The van der Waals surface area contributed by atoms with E-state index in [2.05, 4.69) is 18.3 Å². The van der Waals surface area contributed by atoms with E-state index >= 15 is 0 Å². The fourth-order valence-electron chi connectivity index (χ4n) is 5.58. The van der Waals surface area contributed by atoms with Crippen LogP contribution in [0.5, 0.6) is 11.5 Å². The molecular weight excluding hydrogens is 492 g/mol. The number of allylic oxidation sites excluding steroid dienone is 2. The Morgan fingerprint density at radius 1 is 1.05 bits per heavy atom. The molecule has 0 spiro atoms. The SMILES string of the molecule is CCN1CCCN(C(=O)Nc2cc(C)ccc2C)CCCC2=CC(C)c3c(cc(OC)cc3OC)CN2C1=O. The lowest BCUT2D eigenvalue weighted by atomic mass is 9.94. The normalized spacial score (nSPS) is 18.3. The summed E-state index contributed by atoms with van der Waals surface area (Å²) in [6, 6.07) is 9.90. The number of ether oxygens (including phenoxy) is 2. The van der Waals surface area contributed by atoms with Crippen LogP contribution < -0.4 is 14.8 Å². The zero-order valence-electron chi connectivity index (χ0n) is 24.2. The summed E-state index contributed by atoms with van der Waals surface area (Å²) in [4.78, 5) is 32.9. The van der Waals surface area contributed by atoms with E-state index in [1.807, 2.05) is 65.8 Å². The number of methoxy groups -OCH3 is 2. The van der Waals surface area contributed by atoms with Gasteiger partial charge in [0.1, 0.15) is 11.5 Å². The Labute approximate surface area is 232 Å². The molecular formula is C31H42N4O4. The first kappa shape index (κ1) is 28.3. The largest absolute Gasteiger partial charge is 0.497 e. The summed E-state index contributed by atoms with van der Waals surface area (Å²) in [6.45, 7) is 11.0. The van der Waals surface area contributed by atoms with Crippen LogP contribution in [-0.4, -0.2) is 67.2 Å². The number of carbonyl (C=O) groups is 2. The quantitative estimate of drug-likeness (QED) is 0.501. The molecule has 1 fully saturated rings. The standard InChI is InChI=1S/C31H42N4O4/c1-7-33-14-9-15-34(30(36)32-27-16-21(2)11-12-22(27)3)13-8-10-25-17-23(4)29-24(20-35(25)31(33)37)18-26(38-5)19-28(29)39-6/h11-12,16-19,23H,7-10,13-15,20H2,1-6H3,(H,32,36). The number of amides is 4. The molecule has 0 aromatic heterocycles. The maximum atomic E-state index is 13.9. The van der Waals surface area contributed by atoms with Crippen LogP contribution in [0.2, 0.25) is 0 Å². The van der Waals surface area contributed by atoms with E-state index < -0.39 is 0 Å². The number of aryl methyl sites for hydroxylation is 2. The minimum atomic E-state index is -0.0957. The van der Waals surface area contributed by atoms with Crippen molar-refractivity contribution in [2.24, 2.45) is 0 Å². The van der Waals surface area contributed by atoms with Crippen molar-refractivity contribution in [1.82, 2.24) is 14.7 Å². The third-order valence-electron chi connectivity index (χ3n) is 7.75. The van der Waals surface area contributed by atoms with Crippen molar-refractivity contribution in [3.05, 3.63) is 64.4 Å². The van der Waals surface area contributed by atoms with Crippen molar-refractivity contribution in [1.29, 1.82) is 0 Å². The van der Waals surface area contributed by atoms with E-state index in [1.165, 1.54) is 0 Å². The van der Waals surface area contributed by atoms with Gasteiger partial charge in [-0.25, -0.2) is 9.59 Å². The third kappa shape index (κ3) is 6.32. The van der Waals surface area contributed by atoms with Crippen molar-refractivity contribution in [3.8, 4) is 11.5 Å². The summed E-state index contributed by atoms with van der Waals surface area (Å²) >= 11 is 0. The number of hydrogen-bond donors (Lipinski definition) is 1. The second kappa shape index (κ2) is 12.5. The van der Waals surface area contributed by atoms with Crippen LogP contribution in [0.15, 0.2) is 42.1 Å². The molecule has 1 saturated heterocycles. The Morgan fingerprint density at radius 2 is 1.82 bits per heavy atom. The van der Waals surface area contributed by atoms with Gasteiger partial charge in [0.15, 0.2) is 0 Å².